The van der Waals surface area contributed by atoms with Gasteiger partial charge in [0.2, 0.25) is 0 Å². The molecule has 0 atom stereocenters. The molecule has 3 nitrogen and oxygen atoms in total. The molecule has 3 N–H and O–H groups in total. The zero-order valence-corrected chi connectivity index (χ0v) is 8.49. The molecule has 0 fully saturated rings. The Balaban J connectivity index is 0.000000461. The first-order valence-corrected chi connectivity index (χ1v) is 4.71. The van der Waals surface area contributed by atoms with Gasteiger partial charge in [-0.3, -0.25) is 5.10 Å². The number of H-pyrrole nitrogens is 1. The summed E-state index contributed by atoms with van der Waals surface area (Å²) in [5.41, 5.74) is 8.45. The zero-order valence-electron chi connectivity index (χ0n) is 8.49. The largest absolute Gasteiger partial charge is 0.399 e. The first kappa shape index (κ1) is 10.3. The highest BCUT2D eigenvalue weighted by molar-refractivity contribution is 5.63. The predicted octanol–water partition coefficient (Wildman–Crippen LogP) is 2.69. The van der Waals surface area contributed by atoms with Gasteiger partial charge in [0.15, 0.2) is 0 Å². The van der Waals surface area contributed by atoms with E-state index in [1.807, 2.05) is 44.2 Å². The summed E-state index contributed by atoms with van der Waals surface area (Å²) in [7, 11) is 0. The van der Waals surface area contributed by atoms with E-state index in [1.165, 1.54) is 0 Å². The number of nitrogens with zero attached hydrogens (tertiary/aromatic N) is 1. The van der Waals surface area contributed by atoms with Crippen LogP contribution in [0.2, 0.25) is 0 Å². The SMILES string of the molecule is CC.Nc1cccc(-c2ccn[nH]2)c1. The van der Waals surface area contributed by atoms with Crippen LogP contribution in [0.5, 0.6) is 0 Å². The third-order valence-electron chi connectivity index (χ3n) is 1.70. The van der Waals surface area contributed by atoms with Crippen LogP contribution in [0.25, 0.3) is 11.3 Å². The van der Waals surface area contributed by atoms with E-state index in [4.69, 9.17) is 5.73 Å². The van der Waals surface area contributed by atoms with Gasteiger partial charge < -0.3 is 5.73 Å². The first-order valence-electron chi connectivity index (χ1n) is 4.71. The molecule has 0 unspecified atom stereocenters. The molecule has 0 amide bonds. The molecular formula is C11H15N3. The van der Waals surface area contributed by atoms with E-state index >= 15 is 0 Å². The van der Waals surface area contributed by atoms with Crippen LogP contribution in [-0.2, 0) is 0 Å². The maximum Gasteiger partial charge on any atom is 0.0650 e. The molecular weight excluding hydrogens is 174 g/mol. The highest BCUT2D eigenvalue weighted by Crippen LogP contribution is 2.17. The Morgan fingerprint density at radius 1 is 1.21 bits per heavy atom. The molecule has 3 heteroatoms. The maximum atomic E-state index is 5.63. The fourth-order valence-corrected chi connectivity index (χ4v) is 1.12. The minimum absolute atomic E-state index is 0.766. The van der Waals surface area contributed by atoms with E-state index in [0.717, 1.165) is 16.9 Å². The van der Waals surface area contributed by atoms with Crippen LogP contribution >= 0.6 is 0 Å². The number of hydrogen-bond acceptors (Lipinski definition) is 2. The van der Waals surface area contributed by atoms with Gasteiger partial charge in [-0.1, -0.05) is 26.0 Å². The smallest absolute Gasteiger partial charge is 0.0650 e. The molecule has 0 spiro atoms. The lowest BCUT2D eigenvalue weighted by Crippen LogP contribution is -1.84. The molecule has 0 saturated heterocycles. The van der Waals surface area contributed by atoms with E-state index in [0.29, 0.717) is 0 Å². The molecule has 0 saturated carbocycles. The highest BCUT2D eigenvalue weighted by atomic mass is 15.1. The Bertz CT molecular complexity index is 366. The second kappa shape index (κ2) is 5.07. The Labute approximate surface area is 84.0 Å². The summed E-state index contributed by atoms with van der Waals surface area (Å²) >= 11 is 0. The zero-order chi connectivity index (χ0) is 10.4. The van der Waals surface area contributed by atoms with Crippen molar-refractivity contribution in [3.63, 3.8) is 0 Å². The number of aromatic nitrogens is 2. The third-order valence-corrected chi connectivity index (χ3v) is 1.70. The van der Waals surface area contributed by atoms with Gasteiger partial charge in [0.1, 0.15) is 0 Å². The summed E-state index contributed by atoms with van der Waals surface area (Å²) in [6.45, 7) is 4.00. The van der Waals surface area contributed by atoms with Crippen LogP contribution < -0.4 is 5.73 Å². The van der Waals surface area contributed by atoms with Crippen LogP contribution in [-0.4, -0.2) is 10.2 Å². The van der Waals surface area contributed by atoms with E-state index in [2.05, 4.69) is 10.2 Å². The lowest BCUT2D eigenvalue weighted by molar-refractivity contribution is 1.10. The van der Waals surface area contributed by atoms with E-state index < -0.39 is 0 Å². The minimum Gasteiger partial charge on any atom is -0.399 e. The van der Waals surface area contributed by atoms with Crippen LogP contribution in [0.3, 0.4) is 0 Å². The van der Waals surface area contributed by atoms with Gasteiger partial charge in [-0.25, -0.2) is 0 Å². The molecule has 1 aromatic carbocycles. The van der Waals surface area contributed by atoms with Crippen LogP contribution in [0, 0.1) is 0 Å². The van der Waals surface area contributed by atoms with Crippen molar-refractivity contribution in [1.29, 1.82) is 0 Å². The molecule has 0 aliphatic heterocycles. The summed E-state index contributed by atoms with van der Waals surface area (Å²) in [6.07, 6.45) is 1.72. The van der Waals surface area contributed by atoms with E-state index in [9.17, 15) is 0 Å². The Morgan fingerprint density at radius 2 is 2.00 bits per heavy atom. The monoisotopic (exact) mass is 189 g/mol. The topological polar surface area (TPSA) is 54.7 Å². The van der Waals surface area contributed by atoms with Gasteiger partial charge in [-0.2, -0.15) is 5.10 Å². The van der Waals surface area contributed by atoms with Crippen molar-refractivity contribution in [2.24, 2.45) is 0 Å². The van der Waals surface area contributed by atoms with Crippen molar-refractivity contribution in [3.05, 3.63) is 36.5 Å². The average molecular weight is 189 g/mol. The second-order valence-electron chi connectivity index (χ2n) is 2.60. The quantitative estimate of drug-likeness (QED) is 0.677. The van der Waals surface area contributed by atoms with Crippen LogP contribution in [0.1, 0.15) is 13.8 Å². The van der Waals surface area contributed by atoms with Crippen molar-refractivity contribution in [3.8, 4) is 11.3 Å². The van der Waals surface area contributed by atoms with Crippen molar-refractivity contribution in [2.75, 3.05) is 5.73 Å². The Hall–Kier alpha value is -1.77. The Morgan fingerprint density at radius 3 is 2.57 bits per heavy atom. The molecule has 0 bridgehead atoms. The molecule has 1 heterocycles. The van der Waals surface area contributed by atoms with Gasteiger partial charge in [-0.05, 0) is 18.2 Å². The third kappa shape index (κ3) is 2.36. The van der Waals surface area contributed by atoms with Crippen molar-refractivity contribution in [2.45, 2.75) is 13.8 Å². The number of benzene rings is 1. The molecule has 1 aromatic heterocycles. The van der Waals surface area contributed by atoms with Crippen molar-refractivity contribution in [1.82, 2.24) is 10.2 Å². The second-order valence-corrected chi connectivity index (χ2v) is 2.60. The fourth-order valence-electron chi connectivity index (χ4n) is 1.12. The highest BCUT2D eigenvalue weighted by Gasteiger charge is 1.96. The van der Waals surface area contributed by atoms with Gasteiger partial charge in [-0.15, -0.1) is 0 Å². The van der Waals surface area contributed by atoms with E-state index in [-0.39, 0.29) is 0 Å². The molecule has 0 aliphatic rings. The Kier molecular flexibility index (Phi) is 3.73. The van der Waals surface area contributed by atoms with Gasteiger partial charge in [0.25, 0.3) is 0 Å². The molecule has 0 radical (unpaired) electrons. The summed E-state index contributed by atoms with van der Waals surface area (Å²) in [4.78, 5) is 0. The number of nitrogens with one attached hydrogen (secondary N) is 1. The number of nitrogens with two attached hydrogens (primary N) is 1. The van der Waals surface area contributed by atoms with Gasteiger partial charge in [0, 0.05) is 17.4 Å². The summed E-state index contributed by atoms with van der Waals surface area (Å²) in [5.74, 6) is 0. The maximum absolute atomic E-state index is 5.63. The minimum atomic E-state index is 0.766. The van der Waals surface area contributed by atoms with Crippen LogP contribution in [0.4, 0.5) is 5.69 Å². The van der Waals surface area contributed by atoms with Crippen molar-refractivity contribution >= 4 is 5.69 Å². The lowest BCUT2D eigenvalue weighted by atomic mass is 10.1. The molecule has 14 heavy (non-hydrogen) atoms. The number of anilines is 1. The van der Waals surface area contributed by atoms with Crippen molar-refractivity contribution < 1.29 is 0 Å². The van der Waals surface area contributed by atoms with Gasteiger partial charge in [0.05, 0.1) is 5.69 Å². The standard InChI is InChI=1S/C9H9N3.C2H6/c10-8-3-1-2-7(6-8)9-4-5-11-12-9;1-2/h1-6H,10H2,(H,11,12);1-2H3. The number of aromatic amines is 1. The van der Waals surface area contributed by atoms with Crippen LogP contribution in [0.15, 0.2) is 36.5 Å². The molecule has 74 valence electrons. The average Bonchev–Trinajstić information content (AvgIpc) is 2.74. The number of rotatable bonds is 1. The molecule has 2 aromatic rings. The number of hydrogen-bond donors (Lipinski definition) is 2. The van der Waals surface area contributed by atoms with E-state index in [1.54, 1.807) is 6.20 Å². The summed E-state index contributed by atoms with van der Waals surface area (Å²) in [5, 5.41) is 6.74. The predicted molar refractivity (Wildman–Crippen MR) is 59.8 cm³/mol. The number of nitrogen functional groups attached to an aromatic ring is 1. The molecule has 0 aliphatic carbocycles. The normalized spacial score (nSPS) is 9.00. The fraction of sp³-hybridized carbons (Fsp3) is 0.182. The van der Waals surface area contributed by atoms with Gasteiger partial charge >= 0.3 is 0 Å². The summed E-state index contributed by atoms with van der Waals surface area (Å²) in [6, 6.07) is 9.59. The lowest BCUT2D eigenvalue weighted by Gasteiger charge is -1.97. The molecule has 2 rings (SSSR count). The summed E-state index contributed by atoms with van der Waals surface area (Å²) < 4.78 is 0. The first-order chi connectivity index (χ1) is 6.86.